The molecule has 2 heterocycles. The first-order valence-electron chi connectivity index (χ1n) is 5.84. The van der Waals surface area contributed by atoms with E-state index in [0.29, 0.717) is 10.6 Å². The van der Waals surface area contributed by atoms with E-state index in [2.05, 4.69) is 10.2 Å². The lowest BCUT2D eigenvalue weighted by Crippen LogP contribution is -2.06. The van der Waals surface area contributed by atoms with Gasteiger partial charge in [0.15, 0.2) is 11.5 Å². The Morgan fingerprint density at radius 3 is 2.57 bits per heavy atom. The summed E-state index contributed by atoms with van der Waals surface area (Å²) in [7, 11) is 0. The number of anilines is 1. The Kier molecular flexibility index (Phi) is 3.02. The third-order valence-electron chi connectivity index (χ3n) is 3.02. The average molecular weight is 313 g/mol. The van der Waals surface area contributed by atoms with Crippen LogP contribution in [0, 0.1) is 0 Å². The van der Waals surface area contributed by atoms with Crippen LogP contribution in [0.15, 0.2) is 36.5 Å². The molecule has 0 atom stereocenters. The van der Waals surface area contributed by atoms with E-state index in [1.807, 2.05) is 0 Å². The lowest BCUT2D eigenvalue weighted by atomic mass is 10.1. The molecule has 1 aromatic carbocycles. The summed E-state index contributed by atoms with van der Waals surface area (Å²) in [6.07, 6.45) is -3.51. The van der Waals surface area contributed by atoms with Crippen molar-refractivity contribution in [2.75, 3.05) is 5.73 Å². The predicted octanol–water partition coefficient (Wildman–Crippen LogP) is 3.65. The minimum atomic E-state index is -4.45. The topological polar surface area (TPSA) is 56.2 Å². The van der Waals surface area contributed by atoms with E-state index < -0.39 is 11.7 Å². The first kappa shape index (κ1) is 13.7. The summed E-state index contributed by atoms with van der Waals surface area (Å²) in [4.78, 5) is 0. The lowest BCUT2D eigenvalue weighted by Gasteiger charge is -2.09. The van der Waals surface area contributed by atoms with E-state index in [9.17, 15) is 13.2 Å². The molecule has 0 fully saturated rings. The van der Waals surface area contributed by atoms with Crippen molar-refractivity contribution in [3.63, 3.8) is 0 Å². The van der Waals surface area contributed by atoms with E-state index in [0.717, 1.165) is 12.3 Å². The molecule has 0 aliphatic heterocycles. The van der Waals surface area contributed by atoms with E-state index in [-0.39, 0.29) is 17.2 Å². The Balaban J connectivity index is 2.26. The second-order valence-electron chi connectivity index (χ2n) is 4.37. The van der Waals surface area contributed by atoms with Crippen LogP contribution in [0.25, 0.3) is 17.0 Å². The predicted molar refractivity (Wildman–Crippen MR) is 72.8 cm³/mol. The monoisotopic (exact) mass is 312 g/mol. The number of benzene rings is 1. The van der Waals surface area contributed by atoms with Gasteiger partial charge in [-0.25, -0.2) is 0 Å². The fourth-order valence-electron chi connectivity index (χ4n) is 1.97. The minimum Gasteiger partial charge on any atom is -0.397 e. The molecule has 3 rings (SSSR count). The SMILES string of the molecule is Nc1c(Cl)cccc1-c1nnc2ccc(C(F)(F)F)cn12. The van der Waals surface area contributed by atoms with Crippen LogP contribution in [0.1, 0.15) is 5.56 Å². The summed E-state index contributed by atoms with van der Waals surface area (Å²) in [5.41, 5.74) is 6.01. The zero-order valence-corrected chi connectivity index (χ0v) is 11.2. The molecule has 0 aliphatic carbocycles. The highest BCUT2D eigenvalue weighted by Gasteiger charge is 2.31. The summed E-state index contributed by atoms with van der Waals surface area (Å²) < 4.78 is 39.6. The van der Waals surface area contributed by atoms with Crippen LogP contribution in [0.2, 0.25) is 5.02 Å². The quantitative estimate of drug-likeness (QED) is 0.698. The number of pyridine rings is 1. The van der Waals surface area contributed by atoms with Crippen LogP contribution in [-0.4, -0.2) is 14.6 Å². The second-order valence-corrected chi connectivity index (χ2v) is 4.78. The van der Waals surface area contributed by atoms with Crippen molar-refractivity contribution in [1.29, 1.82) is 0 Å². The number of fused-ring (bicyclic) bond motifs is 1. The third kappa shape index (κ3) is 2.29. The molecule has 108 valence electrons. The van der Waals surface area contributed by atoms with Gasteiger partial charge in [-0.05, 0) is 24.3 Å². The maximum absolute atomic E-state index is 12.8. The molecule has 0 bridgehead atoms. The molecule has 0 saturated carbocycles. The number of para-hydroxylation sites is 1. The largest absolute Gasteiger partial charge is 0.417 e. The smallest absolute Gasteiger partial charge is 0.397 e. The fraction of sp³-hybridized carbons (Fsp3) is 0.0769. The first-order chi connectivity index (χ1) is 9.88. The Bertz CT molecular complexity index is 826. The Hall–Kier alpha value is -2.28. The van der Waals surface area contributed by atoms with Gasteiger partial charge in [0.2, 0.25) is 0 Å². The summed E-state index contributed by atoms with van der Waals surface area (Å²) >= 11 is 5.92. The molecular weight excluding hydrogens is 305 g/mol. The zero-order chi connectivity index (χ0) is 15.2. The molecular formula is C13H8ClF3N4. The number of rotatable bonds is 1. The molecule has 0 spiro atoms. The number of alkyl halides is 3. The molecule has 0 saturated heterocycles. The molecule has 0 unspecified atom stereocenters. The van der Waals surface area contributed by atoms with Crippen molar-refractivity contribution < 1.29 is 13.2 Å². The van der Waals surface area contributed by atoms with E-state index in [4.69, 9.17) is 17.3 Å². The van der Waals surface area contributed by atoms with Gasteiger partial charge >= 0.3 is 6.18 Å². The Morgan fingerprint density at radius 2 is 1.86 bits per heavy atom. The summed E-state index contributed by atoms with van der Waals surface area (Å²) in [6.45, 7) is 0. The third-order valence-corrected chi connectivity index (χ3v) is 3.35. The van der Waals surface area contributed by atoms with Gasteiger partial charge < -0.3 is 5.73 Å². The molecule has 4 nitrogen and oxygen atoms in total. The van der Waals surface area contributed by atoms with Crippen molar-refractivity contribution in [2.24, 2.45) is 0 Å². The van der Waals surface area contributed by atoms with Gasteiger partial charge in [-0.2, -0.15) is 13.2 Å². The number of nitrogens with two attached hydrogens (primary N) is 1. The van der Waals surface area contributed by atoms with E-state index in [1.165, 1.54) is 10.5 Å². The minimum absolute atomic E-state index is 0.205. The zero-order valence-electron chi connectivity index (χ0n) is 10.4. The van der Waals surface area contributed by atoms with Crippen LogP contribution in [0.4, 0.5) is 18.9 Å². The highest BCUT2D eigenvalue weighted by atomic mass is 35.5. The number of aromatic nitrogens is 3. The van der Waals surface area contributed by atoms with Crippen molar-refractivity contribution in [2.45, 2.75) is 6.18 Å². The second kappa shape index (κ2) is 4.63. The van der Waals surface area contributed by atoms with Gasteiger partial charge in [-0.3, -0.25) is 4.40 Å². The number of nitrogens with zero attached hydrogens (tertiary/aromatic N) is 3. The summed E-state index contributed by atoms with van der Waals surface area (Å²) in [5, 5.41) is 8.04. The molecule has 0 aliphatic rings. The molecule has 2 aromatic heterocycles. The molecule has 21 heavy (non-hydrogen) atoms. The Labute approximate surface area is 122 Å². The van der Waals surface area contributed by atoms with Crippen molar-refractivity contribution in [3.8, 4) is 11.4 Å². The molecule has 2 N–H and O–H groups in total. The van der Waals surface area contributed by atoms with Gasteiger partial charge in [0.05, 0.1) is 16.3 Å². The van der Waals surface area contributed by atoms with Gasteiger partial charge in [0, 0.05) is 11.8 Å². The van der Waals surface area contributed by atoms with Gasteiger partial charge in [-0.1, -0.05) is 17.7 Å². The Morgan fingerprint density at radius 1 is 1.10 bits per heavy atom. The van der Waals surface area contributed by atoms with Crippen LogP contribution < -0.4 is 5.73 Å². The van der Waals surface area contributed by atoms with E-state index >= 15 is 0 Å². The van der Waals surface area contributed by atoms with Crippen molar-refractivity contribution >= 4 is 22.9 Å². The van der Waals surface area contributed by atoms with Gasteiger partial charge in [0.1, 0.15) is 0 Å². The van der Waals surface area contributed by atoms with Crippen LogP contribution in [-0.2, 0) is 6.18 Å². The fourth-order valence-corrected chi connectivity index (χ4v) is 2.15. The first-order valence-corrected chi connectivity index (χ1v) is 6.22. The molecule has 0 radical (unpaired) electrons. The van der Waals surface area contributed by atoms with E-state index in [1.54, 1.807) is 18.2 Å². The lowest BCUT2D eigenvalue weighted by molar-refractivity contribution is -0.137. The molecule has 0 amide bonds. The standard InChI is InChI=1S/C13H8ClF3N4/c14-9-3-1-2-8(11(9)18)12-20-19-10-5-4-7(6-21(10)12)13(15,16)17/h1-6H,18H2. The summed E-state index contributed by atoms with van der Waals surface area (Å²) in [5.74, 6) is 0.205. The maximum Gasteiger partial charge on any atom is 0.417 e. The number of hydrogen-bond donors (Lipinski definition) is 1. The van der Waals surface area contributed by atoms with Crippen LogP contribution in [0.3, 0.4) is 0 Å². The highest BCUT2D eigenvalue weighted by Crippen LogP contribution is 2.33. The van der Waals surface area contributed by atoms with Gasteiger partial charge in [0.25, 0.3) is 0 Å². The van der Waals surface area contributed by atoms with Crippen LogP contribution >= 0.6 is 11.6 Å². The molecule has 8 heteroatoms. The average Bonchev–Trinajstić information content (AvgIpc) is 2.84. The number of hydrogen-bond acceptors (Lipinski definition) is 3. The summed E-state index contributed by atoms with van der Waals surface area (Å²) in [6, 6.07) is 7.06. The number of halogens is 4. The van der Waals surface area contributed by atoms with Crippen molar-refractivity contribution in [3.05, 3.63) is 47.1 Å². The molecule has 3 aromatic rings. The normalized spacial score (nSPS) is 12.0. The van der Waals surface area contributed by atoms with Crippen LogP contribution in [0.5, 0.6) is 0 Å². The number of nitrogen functional groups attached to an aromatic ring is 1. The highest BCUT2D eigenvalue weighted by molar-refractivity contribution is 6.33. The van der Waals surface area contributed by atoms with Crippen molar-refractivity contribution in [1.82, 2.24) is 14.6 Å². The maximum atomic E-state index is 12.8. The van der Waals surface area contributed by atoms with Gasteiger partial charge in [-0.15, -0.1) is 10.2 Å².